The normalized spacial score (nSPS) is 12.8. The molecule has 1 aliphatic carbocycles. The predicted molar refractivity (Wildman–Crippen MR) is 111 cm³/mol. The quantitative estimate of drug-likeness (QED) is 0.763. The van der Waals surface area contributed by atoms with Crippen LogP contribution >= 0.6 is 11.3 Å². The fraction of sp³-hybridized carbons (Fsp3) is 0.381. The van der Waals surface area contributed by atoms with Crippen molar-refractivity contribution in [2.45, 2.75) is 45.6 Å². The van der Waals surface area contributed by atoms with Gasteiger partial charge in [-0.15, -0.1) is 11.3 Å². The third-order valence-corrected chi connectivity index (χ3v) is 5.72. The van der Waals surface area contributed by atoms with E-state index in [1.807, 2.05) is 13.8 Å². The molecule has 0 spiro atoms. The topological polar surface area (TPSA) is 93.7 Å². The standard InChI is InChI=1S/C21H24N2O5S/c1-12(2)28-14-10-8-13(9-11-14)18(24)22-20-17(19(25)23-21(26)27-3)15-6-4-5-7-16(15)29-20/h8-12H,4-7H2,1-3H3,(H,22,24)(H,23,25,26). The highest BCUT2D eigenvalue weighted by Gasteiger charge is 2.27. The second kappa shape index (κ2) is 9.09. The summed E-state index contributed by atoms with van der Waals surface area (Å²) in [6.07, 6.45) is 2.82. The summed E-state index contributed by atoms with van der Waals surface area (Å²) in [6.45, 7) is 3.86. The van der Waals surface area contributed by atoms with Crippen LogP contribution in [0, 0.1) is 0 Å². The molecule has 0 unspecified atom stereocenters. The van der Waals surface area contributed by atoms with Gasteiger partial charge in [0, 0.05) is 10.4 Å². The number of imide groups is 1. The molecule has 29 heavy (non-hydrogen) atoms. The molecule has 154 valence electrons. The Bertz CT molecular complexity index is 918. The van der Waals surface area contributed by atoms with E-state index in [0.29, 0.717) is 21.9 Å². The van der Waals surface area contributed by atoms with E-state index in [4.69, 9.17) is 4.74 Å². The number of alkyl carbamates (subject to hydrolysis) is 1. The zero-order chi connectivity index (χ0) is 21.0. The molecule has 7 nitrogen and oxygen atoms in total. The first-order valence-electron chi connectivity index (χ1n) is 9.51. The summed E-state index contributed by atoms with van der Waals surface area (Å²) in [5.74, 6) is -0.208. The Morgan fingerprint density at radius 2 is 1.72 bits per heavy atom. The van der Waals surface area contributed by atoms with Gasteiger partial charge < -0.3 is 14.8 Å². The Labute approximate surface area is 173 Å². The fourth-order valence-electron chi connectivity index (χ4n) is 3.23. The van der Waals surface area contributed by atoms with Crippen LogP contribution < -0.4 is 15.4 Å². The van der Waals surface area contributed by atoms with E-state index in [-0.39, 0.29) is 12.0 Å². The van der Waals surface area contributed by atoms with Gasteiger partial charge in [-0.2, -0.15) is 0 Å². The summed E-state index contributed by atoms with van der Waals surface area (Å²) in [5.41, 5.74) is 1.70. The largest absolute Gasteiger partial charge is 0.491 e. The van der Waals surface area contributed by atoms with Gasteiger partial charge in [-0.25, -0.2) is 4.79 Å². The molecule has 1 heterocycles. The Hall–Kier alpha value is -2.87. The number of thiophene rings is 1. The smallest absolute Gasteiger partial charge is 0.413 e. The average Bonchev–Trinajstić information content (AvgIpc) is 3.05. The van der Waals surface area contributed by atoms with Crippen molar-refractivity contribution in [2.24, 2.45) is 0 Å². The Morgan fingerprint density at radius 1 is 1.03 bits per heavy atom. The molecule has 3 amide bonds. The minimum atomic E-state index is -0.830. The SMILES string of the molecule is COC(=O)NC(=O)c1c(NC(=O)c2ccc(OC(C)C)cc2)sc2c1CCCC2. The first-order valence-corrected chi connectivity index (χ1v) is 10.3. The van der Waals surface area contributed by atoms with Crippen LogP contribution in [0.3, 0.4) is 0 Å². The number of amides is 3. The molecule has 0 fully saturated rings. The van der Waals surface area contributed by atoms with Crippen LogP contribution in [0.4, 0.5) is 9.80 Å². The van der Waals surface area contributed by atoms with E-state index >= 15 is 0 Å². The van der Waals surface area contributed by atoms with Crippen molar-refractivity contribution in [3.8, 4) is 5.75 Å². The molecule has 8 heteroatoms. The molecule has 0 saturated carbocycles. The van der Waals surface area contributed by atoms with E-state index in [2.05, 4.69) is 15.4 Å². The van der Waals surface area contributed by atoms with Crippen molar-refractivity contribution < 1.29 is 23.9 Å². The van der Waals surface area contributed by atoms with Crippen molar-refractivity contribution in [2.75, 3.05) is 12.4 Å². The van der Waals surface area contributed by atoms with Crippen LogP contribution in [0.15, 0.2) is 24.3 Å². The molecule has 1 aromatic heterocycles. The third-order valence-electron chi connectivity index (χ3n) is 4.51. The van der Waals surface area contributed by atoms with E-state index < -0.39 is 12.0 Å². The second-order valence-corrected chi connectivity index (χ2v) is 8.11. The molecule has 0 atom stereocenters. The first-order chi connectivity index (χ1) is 13.9. The Kier molecular flexibility index (Phi) is 6.53. The van der Waals surface area contributed by atoms with Gasteiger partial charge in [-0.05, 0) is 69.4 Å². The third kappa shape index (κ3) is 4.95. The maximum absolute atomic E-state index is 12.7. The monoisotopic (exact) mass is 416 g/mol. The fourth-order valence-corrected chi connectivity index (χ4v) is 4.51. The molecule has 3 rings (SSSR count). The number of rotatable bonds is 5. The van der Waals surface area contributed by atoms with Gasteiger partial charge in [-0.3, -0.25) is 14.9 Å². The summed E-state index contributed by atoms with van der Waals surface area (Å²) < 4.78 is 10.1. The Balaban J connectivity index is 1.84. The molecule has 0 radical (unpaired) electrons. The lowest BCUT2D eigenvalue weighted by Crippen LogP contribution is -2.31. The van der Waals surface area contributed by atoms with Gasteiger partial charge in [0.15, 0.2) is 0 Å². The van der Waals surface area contributed by atoms with Gasteiger partial charge in [0.2, 0.25) is 0 Å². The van der Waals surface area contributed by atoms with E-state index in [9.17, 15) is 14.4 Å². The molecule has 1 aromatic carbocycles. The highest BCUT2D eigenvalue weighted by Crippen LogP contribution is 2.38. The number of hydrogen-bond donors (Lipinski definition) is 2. The van der Waals surface area contributed by atoms with E-state index in [1.165, 1.54) is 18.4 Å². The Morgan fingerprint density at radius 3 is 2.38 bits per heavy atom. The number of carbonyl (C=O) groups is 3. The lowest BCUT2D eigenvalue weighted by Gasteiger charge is -2.13. The number of carbonyl (C=O) groups excluding carboxylic acids is 3. The average molecular weight is 416 g/mol. The van der Waals surface area contributed by atoms with Gasteiger partial charge in [0.05, 0.1) is 18.8 Å². The van der Waals surface area contributed by atoms with Gasteiger partial charge in [0.25, 0.3) is 11.8 Å². The minimum absolute atomic E-state index is 0.0444. The molecule has 2 aromatic rings. The summed E-state index contributed by atoms with van der Waals surface area (Å²) in [4.78, 5) is 38.0. The zero-order valence-corrected chi connectivity index (χ0v) is 17.5. The van der Waals surface area contributed by atoms with E-state index in [0.717, 1.165) is 36.1 Å². The van der Waals surface area contributed by atoms with Crippen molar-refractivity contribution in [1.29, 1.82) is 0 Å². The van der Waals surface area contributed by atoms with Crippen LogP contribution in [-0.4, -0.2) is 31.1 Å². The minimum Gasteiger partial charge on any atom is -0.491 e. The number of hydrogen-bond acceptors (Lipinski definition) is 6. The lowest BCUT2D eigenvalue weighted by molar-refractivity contribution is 0.0937. The lowest BCUT2D eigenvalue weighted by atomic mass is 9.95. The van der Waals surface area contributed by atoms with Crippen LogP contribution in [0.25, 0.3) is 0 Å². The number of nitrogens with one attached hydrogen (secondary N) is 2. The summed E-state index contributed by atoms with van der Waals surface area (Å²) in [5, 5.41) is 5.49. The molecule has 0 bridgehead atoms. The molecule has 0 saturated heterocycles. The first kappa shape index (κ1) is 20.9. The number of anilines is 1. The summed E-state index contributed by atoms with van der Waals surface area (Å²) >= 11 is 1.39. The molecule has 0 aliphatic heterocycles. The highest BCUT2D eigenvalue weighted by atomic mass is 32.1. The summed E-state index contributed by atoms with van der Waals surface area (Å²) in [7, 11) is 1.20. The van der Waals surface area contributed by atoms with Gasteiger partial charge in [-0.1, -0.05) is 0 Å². The highest BCUT2D eigenvalue weighted by molar-refractivity contribution is 7.17. The maximum atomic E-state index is 12.7. The number of aryl methyl sites for hydroxylation is 1. The molecule has 2 N–H and O–H groups in total. The molecule has 1 aliphatic rings. The van der Waals surface area contributed by atoms with Crippen LogP contribution in [0.2, 0.25) is 0 Å². The van der Waals surface area contributed by atoms with Crippen LogP contribution in [-0.2, 0) is 17.6 Å². The number of methoxy groups -OCH3 is 1. The number of fused-ring (bicyclic) bond motifs is 1. The molecular formula is C21H24N2O5S. The second-order valence-electron chi connectivity index (χ2n) is 7.01. The molecular weight excluding hydrogens is 392 g/mol. The van der Waals surface area contributed by atoms with Crippen molar-refractivity contribution in [1.82, 2.24) is 5.32 Å². The van der Waals surface area contributed by atoms with Gasteiger partial charge in [0.1, 0.15) is 10.8 Å². The summed E-state index contributed by atoms with van der Waals surface area (Å²) in [6, 6.07) is 6.82. The van der Waals surface area contributed by atoms with Crippen molar-refractivity contribution >= 4 is 34.2 Å². The maximum Gasteiger partial charge on any atom is 0.413 e. The van der Waals surface area contributed by atoms with Crippen molar-refractivity contribution in [3.05, 3.63) is 45.8 Å². The van der Waals surface area contributed by atoms with E-state index in [1.54, 1.807) is 24.3 Å². The van der Waals surface area contributed by atoms with Crippen LogP contribution in [0.1, 0.15) is 57.8 Å². The predicted octanol–water partition coefficient (Wildman–Crippen LogP) is 4.16. The zero-order valence-electron chi connectivity index (χ0n) is 16.7. The van der Waals surface area contributed by atoms with Crippen molar-refractivity contribution in [3.63, 3.8) is 0 Å². The number of benzene rings is 1. The van der Waals surface area contributed by atoms with Gasteiger partial charge >= 0.3 is 6.09 Å². The number of ether oxygens (including phenoxy) is 2. The van der Waals surface area contributed by atoms with Crippen LogP contribution in [0.5, 0.6) is 5.75 Å².